The van der Waals surface area contributed by atoms with Gasteiger partial charge in [-0.3, -0.25) is 5.32 Å². The maximum atomic E-state index is 13.9. The van der Waals surface area contributed by atoms with Crippen molar-refractivity contribution in [1.82, 2.24) is 15.0 Å². The van der Waals surface area contributed by atoms with E-state index in [0.29, 0.717) is 26.8 Å². The topological polar surface area (TPSA) is 95.2 Å². The van der Waals surface area contributed by atoms with Crippen molar-refractivity contribution in [3.8, 4) is 11.3 Å². The van der Waals surface area contributed by atoms with Crippen molar-refractivity contribution in [2.75, 3.05) is 36.7 Å². The lowest BCUT2D eigenvalue weighted by Gasteiger charge is -2.15. The fourth-order valence-electron chi connectivity index (χ4n) is 3.46. The molecule has 8 nitrogen and oxygen atoms in total. The normalized spacial score (nSPS) is 11.4. The summed E-state index contributed by atoms with van der Waals surface area (Å²) in [4.78, 5) is 24.6. The molecule has 0 atom stereocenters. The highest BCUT2D eigenvalue weighted by Crippen LogP contribution is 2.41. The summed E-state index contributed by atoms with van der Waals surface area (Å²) < 4.78 is 46.7. The predicted molar refractivity (Wildman–Crippen MR) is 132 cm³/mol. The molecule has 1 amide bonds. The second kappa shape index (κ2) is 9.45. The lowest BCUT2D eigenvalue weighted by molar-refractivity contribution is -0.137. The highest BCUT2D eigenvalue weighted by molar-refractivity contribution is 9.10. The van der Waals surface area contributed by atoms with Gasteiger partial charge in [0.25, 0.3) is 0 Å². The Morgan fingerprint density at radius 2 is 1.97 bits per heavy atom. The van der Waals surface area contributed by atoms with E-state index in [1.165, 1.54) is 13.3 Å². The van der Waals surface area contributed by atoms with Crippen LogP contribution in [0.5, 0.6) is 0 Å². The van der Waals surface area contributed by atoms with Crippen LogP contribution in [0, 0.1) is 0 Å². The number of benzene rings is 2. The van der Waals surface area contributed by atoms with Crippen LogP contribution in [0.25, 0.3) is 22.2 Å². The molecule has 4 rings (SSSR count). The summed E-state index contributed by atoms with van der Waals surface area (Å²) in [6.07, 6.45) is -3.15. The number of nitrogens with zero attached hydrogens (tertiary/aromatic N) is 3. The molecule has 0 saturated carbocycles. The van der Waals surface area contributed by atoms with Gasteiger partial charge in [-0.15, -0.1) is 0 Å². The zero-order valence-corrected chi connectivity index (χ0v) is 20.4. The second-order valence-corrected chi connectivity index (χ2v) is 8.49. The first-order chi connectivity index (χ1) is 16.6. The number of aromatic nitrogens is 3. The number of halogens is 4. The molecular formula is C23H20BrF3N6O2. The van der Waals surface area contributed by atoms with E-state index in [1.54, 1.807) is 18.2 Å². The van der Waals surface area contributed by atoms with E-state index in [1.807, 2.05) is 37.2 Å². The van der Waals surface area contributed by atoms with Gasteiger partial charge in [-0.25, -0.2) is 14.8 Å². The molecule has 35 heavy (non-hydrogen) atoms. The summed E-state index contributed by atoms with van der Waals surface area (Å²) in [6, 6.07) is 10.5. The van der Waals surface area contributed by atoms with Gasteiger partial charge < -0.3 is 19.9 Å². The molecule has 0 bridgehead atoms. The summed E-state index contributed by atoms with van der Waals surface area (Å²) in [5.74, 6) is 0.0151. The summed E-state index contributed by atoms with van der Waals surface area (Å²) in [6.45, 7) is 0. The molecule has 0 unspecified atom stereocenters. The van der Waals surface area contributed by atoms with Gasteiger partial charge in [-0.05, 0) is 40.2 Å². The van der Waals surface area contributed by atoms with E-state index in [2.05, 4.69) is 46.3 Å². The average Bonchev–Trinajstić information content (AvgIpc) is 3.25. The van der Waals surface area contributed by atoms with Gasteiger partial charge in [-0.2, -0.15) is 13.2 Å². The molecular weight excluding hydrogens is 529 g/mol. The number of carbonyl (C=O) groups is 1. The van der Waals surface area contributed by atoms with Crippen LogP contribution in [0.15, 0.2) is 53.3 Å². The van der Waals surface area contributed by atoms with Crippen molar-refractivity contribution < 1.29 is 22.7 Å². The first kappa shape index (κ1) is 24.3. The molecule has 4 aromatic rings. The Labute approximate surface area is 206 Å². The average molecular weight is 549 g/mol. The number of amides is 1. The fourth-order valence-corrected chi connectivity index (χ4v) is 4.02. The Bertz CT molecular complexity index is 1400. The van der Waals surface area contributed by atoms with Crippen LogP contribution in [-0.4, -0.2) is 42.3 Å². The number of hydrogen-bond donors (Lipinski definition) is 3. The van der Waals surface area contributed by atoms with Gasteiger partial charge >= 0.3 is 12.3 Å². The van der Waals surface area contributed by atoms with E-state index in [4.69, 9.17) is 0 Å². The predicted octanol–water partition coefficient (Wildman–Crippen LogP) is 6.39. The van der Waals surface area contributed by atoms with Crippen LogP contribution in [0.2, 0.25) is 0 Å². The Kier molecular flexibility index (Phi) is 6.57. The third-order valence-corrected chi connectivity index (χ3v) is 6.01. The Hall–Kier alpha value is -3.80. The number of aromatic amines is 1. The molecule has 0 aliphatic heterocycles. The maximum absolute atomic E-state index is 13.9. The minimum Gasteiger partial charge on any atom is -0.453 e. The van der Waals surface area contributed by atoms with E-state index >= 15 is 0 Å². The number of H-pyrrole nitrogens is 1. The van der Waals surface area contributed by atoms with Crippen LogP contribution in [-0.2, 0) is 10.9 Å². The van der Waals surface area contributed by atoms with E-state index < -0.39 is 17.8 Å². The van der Waals surface area contributed by atoms with Gasteiger partial charge in [0.2, 0.25) is 5.95 Å². The van der Waals surface area contributed by atoms with Crippen molar-refractivity contribution in [3.05, 3.63) is 58.8 Å². The fraction of sp³-hybridized carbons (Fsp3) is 0.174. The molecule has 2 heterocycles. The minimum atomic E-state index is -4.67. The standard InChI is InChI=1S/C23H20BrF3N6O2/c1-33(2)13-6-4-5-12(9-13)30-21-29-11-16(23(25,26)27)19(32-21)15-10-28-20-14(15)7-8-17(18(20)24)31-22(34)35-3/h4-11,28H,1-3H3,(H,31,34)(H,29,30,32). The third kappa shape index (κ3) is 5.02. The van der Waals surface area contributed by atoms with E-state index in [-0.39, 0.29) is 17.2 Å². The number of carbonyl (C=O) groups excluding carboxylic acids is 1. The number of methoxy groups -OCH3 is 1. The largest absolute Gasteiger partial charge is 0.453 e. The number of fused-ring (bicyclic) bond motifs is 1. The molecule has 0 saturated heterocycles. The van der Waals surface area contributed by atoms with Gasteiger partial charge in [0, 0.05) is 48.8 Å². The lowest BCUT2D eigenvalue weighted by atomic mass is 10.1. The van der Waals surface area contributed by atoms with Crippen molar-refractivity contribution in [2.24, 2.45) is 0 Å². The molecule has 0 radical (unpaired) electrons. The monoisotopic (exact) mass is 548 g/mol. The number of hydrogen-bond acceptors (Lipinski definition) is 6. The smallest absolute Gasteiger partial charge is 0.419 e. The van der Waals surface area contributed by atoms with Crippen molar-refractivity contribution in [3.63, 3.8) is 0 Å². The first-order valence-corrected chi connectivity index (χ1v) is 11.0. The quantitative estimate of drug-likeness (QED) is 0.267. The summed E-state index contributed by atoms with van der Waals surface area (Å²) in [5, 5.41) is 5.99. The number of rotatable bonds is 5. The molecule has 0 fully saturated rings. The third-order valence-electron chi connectivity index (χ3n) is 5.18. The summed E-state index contributed by atoms with van der Waals surface area (Å²) >= 11 is 3.39. The molecule has 0 aliphatic carbocycles. The highest BCUT2D eigenvalue weighted by atomic mass is 79.9. The van der Waals surface area contributed by atoms with Crippen LogP contribution in [0.4, 0.5) is 41.0 Å². The van der Waals surface area contributed by atoms with Crippen LogP contribution >= 0.6 is 15.9 Å². The molecule has 2 aromatic carbocycles. The molecule has 3 N–H and O–H groups in total. The van der Waals surface area contributed by atoms with Crippen molar-refractivity contribution in [2.45, 2.75) is 6.18 Å². The number of alkyl halides is 3. The SMILES string of the molecule is COC(=O)Nc1ccc2c(-c3nc(Nc4cccc(N(C)C)c4)ncc3C(F)(F)F)c[nH]c2c1Br. The zero-order chi connectivity index (χ0) is 25.3. The lowest BCUT2D eigenvalue weighted by Crippen LogP contribution is -2.12. The first-order valence-electron chi connectivity index (χ1n) is 10.2. The molecule has 0 aliphatic rings. The highest BCUT2D eigenvalue weighted by Gasteiger charge is 2.36. The zero-order valence-electron chi connectivity index (χ0n) is 18.8. The van der Waals surface area contributed by atoms with Gasteiger partial charge in [-0.1, -0.05) is 12.1 Å². The van der Waals surface area contributed by atoms with Gasteiger partial charge in [0.15, 0.2) is 0 Å². The minimum absolute atomic E-state index is 0.0151. The van der Waals surface area contributed by atoms with Crippen LogP contribution < -0.4 is 15.5 Å². The van der Waals surface area contributed by atoms with Crippen molar-refractivity contribution in [1.29, 1.82) is 0 Å². The van der Waals surface area contributed by atoms with E-state index in [0.717, 1.165) is 11.9 Å². The van der Waals surface area contributed by atoms with Crippen molar-refractivity contribution >= 4 is 55.9 Å². The molecule has 182 valence electrons. The van der Waals surface area contributed by atoms with Gasteiger partial charge in [0.05, 0.1) is 28.5 Å². The van der Waals surface area contributed by atoms with Crippen LogP contribution in [0.1, 0.15) is 5.56 Å². The maximum Gasteiger partial charge on any atom is 0.419 e. The Balaban J connectivity index is 1.80. The molecule has 0 spiro atoms. The van der Waals surface area contributed by atoms with Gasteiger partial charge in [0.1, 0.15) is 5.56 Å². The Morgan fingerprint density at radius 3 is 2.66 bits per heavy atom. The Morgan fingerprint density at radius 1 is 1.20 bits per heavy atom. The number of anilines is 4. The van der Waals surface area contributed by atoms with E-state index in [9.17, 15) is 18.0 Å². The summed E-state index contributed by atoms with van der Waals surface area (Å²) in [5.41, 5.74) is 1.37. The van der Waals surface area contributed by atoms with Crippen LogP contribution in [0.3, 0.4) is 0 Å². The molecule has 2 aromatic heterocycles. The number of nitrogens with one attached hydrogen (secondary N) is 3. The molecule has 12 heteroatoms. The number of ether oxygens (including phenoxy) is 1. The summed E-state index contributed by atoms with van der Waals surface area (Å²) in [7, 11) is 4.99. The second-order valence-electron chi connectivity index (χ2n) is 7.69.